The number of Topliss-reactive ketones (excluding diaryl/α,β-unsaturated/α-hetero) is 1. The van der Waals surface area contributed by atoms with Crippen molar-refractivity contribution in [3.8, 4) is 0 Å². The number of ether oxygens (including phenoxy) is 3. The molecular weight excluding hydrogens is 481 g/mol. The van der Waals surface area contributed by atoms with Gasteiger partial charge in [0.2, 0.25) is 5.78 Å². The van der Waals surface area contributed by atoms with E-state index in [1.54, 1.807) is 26.8 Å². The molecule has 0 spiro atoms. The molecule has 0 unspecified atom stereocenters. The van der Waals surface area contributed by atoms with Crippen LogP contribution in [0.1, 0.15) is 66.2 Å². The number of hydrogen-bond donors (Lipinski definition) is 2. The van der Waals surface area contributed by atoms with Gasteiger partial charge in [-0.05, 0) is 77.5 Å². The number of aliphatic hydroxyl groups is 1. The largest absolute Gasteiger partial charge is 0.458 e. The summed E-state index contributed by atoms with van der Waals surface area (Å²) in [7, 11) is 0. The molecule has 4 fully saturated rings. The number of aliphatic hydroxyl groups excluding tert-OH is 1. The third kappa shape index (κ3) is 3.50. The van der Waals surface area contributed by atoms with E-state index in [1.807, 2.05) is 6.92 Å². The molecule has 8 nitrogen and oxygen atoms in total. The normalized spacial score (nSPS) is 45.4. The molecule has 0 aromatic heterocycles. The third-order valence-electron chi connectivity index (χ3n) is 10.00. The molecule has 3 N–H and O–H groups in total. The molecule has 9 heteroatoms. The van der Waals surface area contributed by atoms with Gasteiger partial charge in [-0.15, -0.1) is 0 Å². The highest BCUT2D eigenvalue weighted by Crippen LogP contribution is 2.72. The molecule has 0 radical (unpaired) electrons. The number of esters is 1. The van der Waals surface area contributed by atoms with Gasteiger partial charge in [-0.2, -0.15) is 0 Å². The quantitative estimate of drug-likeness (QED) is 0.513. The molecule has 1 saturated heterocycles. The Labute approximate surface area is 216 Å². The molecule has 0 bridgehead atoms. The standard InChI is InChI=1S/C28H38FNO7/c1-24(2)36-22-13-19-18-8-7-16-12-17(31)9-10-25(16,3)27(18,29)20(32)14-26(19,4)28(22,37-24)21(33)15-35-23(34)6-5-11-30/h9-10,12,18-20,22,32H,5-8,11,13-15,30H2,1-4H3/t18-,19-,20-,22+,25-,26-,27-,28+/m0/s1. The van der Waals surface area contributed by atoms with Crippen LogP contribution < -0.4 is 5.73 Å². The van der Waals surface area contributed by atoms with Crippen LogP contribution in [0.2, 0.25) is 0 Å². The number of ketones is 2. The number of fused-ring (bicyclic) bond motifs is 7. The van der Waals surface area contributed by atoms with Gasteiger partial charge in [0.15, 0.2) is 29.4 Å². The number of carbonyl (C=O) groups excluding carboxylic acids is 3. The first-order chi connectivity index (χ1) is 17.2. The predicted octanol–water partition coefficient (Wildman–Crippen LogP) is 2.71. The van der Waals surface area contributed by atoms with Gasteiger partial charge in [-0.1, -0.05) is 18.6 Å². The Morgan fingerprint density at radius 2 is 1.97 bits per heavy atom. The molecule has 1 aliphatic heterocycles. The van der Waals surface area contributed by atoms with Gasteiger partial charge in [-0.3, -0.25) is 14.4 Å². The number of rotatable bonds is 6. The highest BCUT2D eigenvalue weighted by atomic mass is 19.1. The van der Waals surface area contributed by atoms with Crippen molar-refractivity contribution in [1.29, 1.82) is 0 Å². The number of halogens is 1. The Kier molecular flexibility index (Phi) is 6.15. The zero-order valence-corrected chi connectivity index (χ0v) is 22.1. The molecule has 8 atom stereocenters. The first-order valence-corrected chi connectivity index (χ1v) is 13.3. The first kappa shape index (κ1) is 26.7. The van der Waals surface area contributed by atoms with E-state index in [1.165, 1.54) is 12.2 Å². The number of alkyl halides is 1. The molecule has 4 aliphatic carbocycles. The summed E-state index contributed by atoms with van der Waals surface area (Å²) in [6.45, 7) is 6.95. The number of allylic oxidation sites excluding steroid dienone is 4. The minimum atomic E-state index is -2.02. The Hall–Kier alpha value is -1.94. The van der Waals surface area contributed by atoms with Crippen molar-refractivity contribution < 1.29 is 38.1 Å². The predicted molar refractivity (Wildman–Crippen MR) is 131 cm³/mol. The lowest BCUT2D eigenvalue weighted by atomic mass is 9.44. The van der Waals surface area contributed by atoms with Crippen molar-refractivity contribution in [1.82, 2.24) is 0 Å². The van der Waals surface area contributed by atoms with Crippen LogP contribution >= 0.6 is 0 Å². The topological polar surface area (TPSA) is 125 Å². The molecule has 5 aliphatic rings. The lowest BCUT2D eigenvalue weighted by molar-refractivity contribution is -0.246. The van der Waals surface area contributed by atoms with Crippen LogP contribution in [0.5, 0.6) is 0 Å². The highest BCUT2D eigenvalue weighted by Gasteiger charge is 2.80. The smallest absolute Gasteiger partial charge is 0.306 e. The van der Waals surface area contributed by atoms with Crippen LogP contribution in [0.25, 0.3) is 0 Å². The molecule has 0 amide bonds. The molecular formula is C28H38FNO7. The fourth-order valence-electron chi connectivity index (χ4n) is 8.38. The van der Waals surface area contributed by atoms with Crippen molar-refractivity contribution >= 4 is 17.5 Å². The van der Waals surface area contributed by atoms with Crippen molar-refractivity contribution in [3.63, 3.8) is 0 Å². The average Bonchev–Trinajstić information content (AvgIpc) is 3.23. The lowest BCUT2D eigenvalue weighted by Gasteiger charge is -2.62. The van der Waals surface area contributed by atoms with Crippen molar-refractivity contribution in [2.45, 2.75) is 95.5 Å². The van der Waals surface area contributed by atoms with Gasteiger partial charge in [0.1, 0.15) is 0 Å². The monoisotopic (exact) mass is 519 g/mol. The van der Waals surface area contributed by atoms with Crippen LogP contribution in [0.3, 0.4) is 0 Å². The fraction of sp³-hybridized carbons (Fsp3) is 0.750. The van der Waals surface area contributed by atoms with Crippen molar-refractivity contribution in [2.24, 2.45) is 28.4 Å². The second kappa shape index (κ2) is 8.53. The van der Waals surface area contributed by atoms with E-state index in [4.69, 9.17) is 19.9 Å². The maximum Gasteiger partial charge on any atom is 0.306 e. The second-order valence-corrected chi connectivity index (χ2v) is 12.3. The summed E-state index contributed by atoms with van der Waals surface area (Å²) < 4.78 is 35.4. The Morgan fingerprint density at radius 1 is 1.24 bits per heavy atom. The minimum Gasteiger partial charge on any atom is -0.458 e. The first-order valence-electron chi connectivity index (χ1n) is 13.3. The molecule has 204 valence electrons. The molecule has 5 rings (SSSR count). The van der Waals surface area contributed by atoms with Gasteiger partial charge in [0, 0.05) is 23.2 Å². The van der Waals surface area contributed by atoms with Gasteiger partial charge in [-0.25, -0.2) is 4.39 Å². The van der Waals surface area contributed by atoms with E-state index in [0.29, 0.717) is 37.8 Å². The van der Waals surface area contributed by atoms with E-state index < -0.39 is 64.4 Å². The SMILES string of the molecule is CC1(C)O[C@@H]2C[C@H]3[C@@H]4CCC5=CC(=O)C=C[C@]5(C)[C@@]4(F)[C@@H](O)C[C@]3(C)[C@]2(C(=O)COC(=O)CCCN)O1. The molecule has 0 aromatic carbocycles. The van der Waals surface area contributed by atoms with Gasteiger partial charge in [0.05, 0.1) is 12.2 Å². The summed E-state index contributed by atoms with van der Waals surface area (Å²) in [5, 5.41) is 11.6. The number of carbonyl (C=O) groups is 3. The van der Waals surface area contributed by atoms with E-state index >= 15 is 4.39 Å². The molecule has 0 aromatic rings. The third-order valence-corrected chi connectivity index (χ3v) is 10.00. The van der Waals surface area contributed by atoms with Crippen LogP contribution in [-0.4, -0.2) is 65.1 Å². The summed E-state index contributed by atoms with van der Waals surface area (Å²) in [5.74, 6) is -3.11. The summed E-state index contributed by atoms with van der Waals surface area (Å²) >= 11 is 0. The van der Waals surface area contributed by atoms with E-state index in [0.717, 1.165) is 0 Å². The van der Waals surface area contributed by atoms with Crippen LogP contribution in [0.15, 0.2) is 23.8 Å². The summed E-state index contributed by atoms with van der Waals surface area (Å²) in [4.78, 5) is 38.1. The van der Waals surface area contributed by atoms with Crippen LogP contribution in [0.4, 0.5) is 4.39 Å². The average molecular weight is 520 g/mol. The second-order valence-electron chi connectivity index (χ2n) is 12.3. The van der Waals surface area contributed by atoms with Gasteiger partial charge in [0.25, 0.3) is 0 Å². The van der Waals surface area contributed by atoms with Gasteiger partial charge < -0.3 is 25.1 Å². The highest BCUT2D eigenvalue weighted by molar-refractivity contribution is 6.01. The van der Waals surface area contributed by atoms with Crippen LogP contribution in [0, 0.1) is 22.7 Å². The summed E-state index contributed by atoms with van der Waals surface area (Å²) in [6, 6.07) is 0. The minimum absolute atomic E-state index is 0.0296. The Morgan fingerprint density at radius 3 is 2.68 bits per heavy atom. The summed E-state index contributed by atoms with van der Waals surface area (Å²) in [5.41, 5.74) is 0.562. The molecule has 37 heavy (non-hydrogen) atoms. The van der Waals surface area contributed by atoms with E-state index in [2.05, 4.69) is 0 Å². The van der Waals surface area contributed by atoms with E-state index in [9.17, 15) is 19.5 Å². The fourth-order valence-corrected chi connectivity index (χ4v) is 8.38. The Bertz CT molecular complexity index is 1090. The van der Waals surface area contributed by atoms with Crippen molar-refractivity contribution in [2.75, 3.05) is 13.2 Å². The number of hydrogen-bond acceptors (Lipinski definition) is 8. The molecule has 1 heterocycles. The molecule has 3 saturated carbocycles. The Balaban J connectivity index is 1.52. The zero-order chi connectivity index (χ0) is 27.0. The zero-order valence-electron chi connectivity index (χ0n) is 22.1. The summed E-state index contributed by atoms with van der Waals surface area (Å²) in [6.07, 6.45) is 4.29. The maximum atomic E-state index is 17.4. The van der Waals surface area contributed by atoms with Crippen molar-refractivity contribution in [3.05, 3.63) is 23.8 Å². The maximum absolute atomic E-state index is 17.4. The lowest BCUT2D eigenvalue weighted by Crippen LogP contribution is -2.70. The van der Waals surface area contributed by atoms with Crippen LogP contribution in [-0.2, 0) is 28.6 Å². The van der Waals surface area contributed by atoms with Gasteiger partial charge >= 0.3 is 5.97 Å². The van der Waals surface area contributed by atoms with E-state index in [-0.39, 0.29) is 24.5 Å². The number of nitrogens with two attached hydrogens (primary N) is 1.